The van der Waals surface area contributed by atoms with Crippen molar-refractivity contribution in [2.75, 3.05) is 13.6 Å². The van der Waals surface area contributed by atoms with Gasteiger partial charge in [-0.25, -0.2) is 4.79 Å². The van der Waals surface area contributed by atoms with Gasteiger partial charge in [-0.3, -0.25) is 9.69 Å². The molecule has 27 heavy (non-hydrogen) atoms. The van der Waals surface area contributed by atoms with Crippen molar-refractivity contribution >= 4 is 24.3 Å². The van der Waals surface area contributed by atoms with Crippen LogP contribution in [0.1, 0.15) is 28.4 Å². The van der Waals surface area contributed by atoms with E-state index in [4.69, 9.17) is 14.9 Å². The lowest BCUT2D eigenvalue weighted by Crippen LogP contribution is -2.35. The van der Waals surface area contributed by atoms with Crippen LogP contribution in [-0.4, -0.2) is 46.7 Å². The Morgan fingerprint density at radius 3 is 2.07 bits per heavy atom. The summed E-state index contributed by atoms with van der Waals surface area (Å²) >= 11 is 0. The number of ether oxygens (including phenoxy) is 1. The van der Waals surface area contributed by atoms with Gasteiger partial charge in [0.15, 0.2) is 0 Å². The Labute approximate surface area is 164 Å². The molecule has 0 aliphatic heterocycles. The van der Waals surface area contributed by atoms with Gasteiger partial charge in [-0.2, -0.15) is 0 Å². The van der Waals surface area contributed by atoms with E-state index < -0.39 is 11.9 Å². The van der Waals surface area contributed by atoms with Crippen molar-refractivity contribution in [3.8, 4) is 5.75 Å². The smallest absolute Gasteiger partial charge is 0.335 e. The molecule has 0 saturated heterocycles. The van der Waals surface area contributed by atoms with E-state index in [9.17, 15) is 9.59 Å². The third kappa shape index (κ3) is 7.29. The molecule has 2 aromatic carbocycles. The lowest BCUT2D eigenvalue weighted by atomic mass is 10.1. The number of carbonyl (C=O) groups is 2. The van der Waals surface area contributed by atoms with Gasteiger partial charge in [-0.05, 0) is 55.8 Å². The number of halogens is 1. The molecule has 0 radical (unpaired) electrons. The zero-order valence-electron chi connectivity index (χ0n) is 15.3. The molecule has 2 rings (SSSR count). The topological polar surface area (TPSA) is 87.1 Å². The standard InChI is InChI=1S/C20H23NO5.ClH/c1-14(21(2)12-19(22)23)11-15-5-9-18(10-6-15)26-13-16-3-7-17(8-4-16)20(24)25;/h3-10,14H,11-13H2,1-2H3,(H,22,23)(H,24,25);1H/t14-;/m1./s1. The van der Waals surface area contributed by atoms with Gasteiger partial charge in [0.1, 0.15) is 12.4 Å². The highest BCUT2D eigenvalue weighted by atomic mass is 35.5. The largest absolute Gasteiger partial charge is 0.489 e. The number of benzene rings is 2. The van der Waals surface area contributed by atoms with Crippen LogP contribution in [0.5, 0.6) is 5.75 Å². The Balaban J connectivity index is 0.00000364. The average molecular weight is 394 g/mol. The minimum atomic E-state index is -0.948. The third-order valence-electron chi connectivity index (χ3n) is 4.20. The number of hydrogen-bond donors (Lipinski definition) is 2. The van der Waals surface area contributed by atoms with Crippen LogP contribution in [0.2, 0.25) is 0 Å². The predicted octanol–water partition coefficient (Wildman–Crippen LogP) is 3.33. The molecule has 6 nitrogen and oxygen atoms in total. The Kier molecular flexibility index (Phi) is 8.78. The molecule has 2 aromatic rings. The molecule has 0 heterocycles. The first-order valence-electron chi connectivity index (χ1n) is 8.31. The summed E-state index contributed by atoms with van der Waals surface area (Å²) in [6.45, 7) is 2.37. The molecular formula is C20H24ClNO5. The number of carboxylic acid groups (broad SMARTS) is 2. The molecule has 0 fully saturated rings. The number of likely N-dealkylation sites (N-methyl/N-ethyl adjacent to an activating group) is 1. The first-order chi connectivity index (χ1) is 12.3. The second kappa shape index (κ2) is 10.5. The van der Waals surface area contributed by atoms with E-state index in [0.29, 0.717) is 6.61 Å². The predicted molar refractivity (Wildman–Crippen MR) is 105 cm³/mol. The summed E-state index contributed by atoms with van der Waals surface area (Å²) in [5.74, 6) is -1.06. The van der Waals surface area contributed by atoms with E-state index in [0.717, 1.165) is 23.3 Å². The van der Waals surface area contributed by atoms with Crippen molar-refractivity contribution in [1.29, 1.82) is 0 Å². The highest BCUT2D eigenvalue weighted by Crippen LogP contribution is 2.16. The Hall–Kier alpha value is -2.57. The summed E-state index contributed by atoms with van der Waals surface area (Å²) < 4.78 is 5.72. The van der Waals surface area contributed by atoms with Gasteiger partial charge >= 0.3 is 11.9 Å². The summed E-state index contributed by atoms with van der Waals surface area (Å²) in [5.41, 5.74) is 2.25. The maximum Gasteiger partial charge on any atom is 0.335 e. The SMILES string of the molecule is C[C@H](Cc1ccc(OCc2ccc(C(=O)O)cc2)cc1)N(C)CC(=O)O.Cl. The highest BCUT2D eigenvalue weighted by molar-refractivity contribution is 5.87. The maximum atomic E-state index is 10.8. The number of nitrogens with zero attached hydrogens (tertiary/aromatic N) is 1. The van der Waals surface area contributed by atoms with Gasteiger partial charge in [0, 0.05) is 6.04 Å². The second-order valence-corrected chi connectivity index (χ2v) is 6.30. The van der Waals surface area contributed by atoms with Crippen molar-refractivity contribution in [2.24, 2.45) is 0 Å². The summed E-state index contributed by atoms with van der Waals surface area (Å²) in [5, 5.41) is 17.7. The van der Waals surface area contributed by atoms with E-state index in [-0.39, 0.29) is 30.6 Å². The zero-order chi connectivity index (χ0) is 19.1. The van der Waals surface area contributed by atoms with Crippen molar-refractivity contribution in [2.45, 2.75) is 26.0 Å². The number of rotatable bonds is 9. The van der Waals surface area contributed by atoms with Gasteiger partial charge in [0.2, 0.25) is 0 Å². The lowest BCUT2D eigenvalue weighted by Gasteiger charge is -2.22. The van der Waals surface area contributed by atoms with E-state index in [1.54, 1.807) is 36.2 Å². The van der Waals surface area contributed by atoms with Crippen LogP contribution in [0.4, 0.5) is 0 Å². The van der Waals surface area contributed by atoms with Crippen LogP contribution in [0, 0.1) is 0 Å². The molecule has 0 saturated carbocycles. The van der Waals surface area contributed by atoms with E-state index in [1.165, 1.54) is 0 Å². The van der Waals surface area contributed by atoms with E-state index in [1.807, 2.05) is 31.2 Å². The fourth-order valence-corrected chi connectivity index (χ4v) is 2.50. The van der Waals surface area contributed by atoms with Crippen molar-refractivity contribution in [3.63, 3.8) is 0 Å². The maximum absolute atomic E-state index is 10.8. The molecule has 0 unspecified atom stereocenters. The van der Waals surface area contributed by atoms with Gasteiger partial charge < -0.3 is 14.9 Å². The van der Waals surface area contributed by atoms with Gasteiger partial charge in [0.25, 0.3) is 0 Å². The Morgan fingerprint density at radius 1 is 1.00 bits per heavy atom. The molecule has 0 aliphatic carbocycles. The van der Waals surface area contributed by atoms with E-state index >= 15 is 0 Å². The Morgan fingerprint density at radius 2 is 1.56 bits per heavy atom. The molecule has 0 aromatic heterocycles. The second-order valence-electron chi connectivity index (χ2n) is 6.30. The van der Waals surface area contributed by atoms with Crippen LogP contribution in [0.25, 0.3) is 0 Å². The quantitative estimate of drug-likeness (QED) is 0.679. The summed E-state index contributed by atoms with van der Waals surface area (Å²) in [7, 11) is 1.80. The monoisotopic (exact) mass is 393 g/mol. The normalized spacial score (nSPS) is 11.5. The number of aliphatic carboxylic acids is 1. The summed E-state index contributed by atoms with van der Waals surface area (Å²) in [6, 6.07) is 14.4. The van der Waals surface area contributed by atoms with E-state index in [2.05, 4.69) is 0 Å². The molecule has 146 valence electrons. The minimum absolute atomic E-state index is 0. The third-order valence-corrected chi connectivity index (χ3v) is 4.20. The van der Waals surface area contributed by atoms with Crippen LogP contribution in [-0.2, 0) is 17.8 Å². The van der Waals surface area contributed by atoms with Gasteiger partial charge in [0.05, 0.1) is 12.1 Å². The number of hydrogen-bond acceptors (Lipinski definition) is 4. The molecule has 0 spiro atoms. The van der Waals surface area contributed by atoms with Gasteiger partial charge in [-0.15, -0.1) is 12.4 Å². The summed E-state index contributed by atoms with van der Waals surface area (Å²) in [4.78, 5) is 23.4. The van der Waals surface area contributed by atoms with Crippen molar-refractivity contribution in [1.82, 2.24) is 4.90 Å². The first kappa shape index (κ1) is 22.5. The highest BCUT2D eigenvalue weighted by Gasteiger charge is 2.13. The van der Waals surface area contributed by atoms with Gasteiger partial charge in [-0.1, -0.05) is 24.3 Å². The Bertz CT molecular complexity index is 746. The molecular weight excluding hydrogens is 370 g/mol. The zero-order valence-corrected chi connectivity index (χ0v) is 16.1. The van der Waals surface area contributed by atoms with Crippen LogP contribution in [0.15, 0.2) is 48.5 Å². The summed E-state index contributed by atoms with van der Waals surface area (Å²) in [6.07, 6.45) is 0.751. The molecule has 7 heteroatoms. The van der Waals surface area contributed by atoms with Crippen LogP contribution in [0.3, 0.4) is 0 Å². The number of aromatic carboxylic acids is 1. The van der Waals surface area contributed by atoms with Crippen LogP contribution >= 0.6 is 12.4 Å². The molecule has 0 bridgehead atoms. The fourth-order valence-electron chi connectivity index (χ4n) is 2.50. The van der Waals surface area contributed by atoms with Crippen LogP contribution < -0.4 is 4.74 Å². The minimum Gasteiger partial charge on any atom is -0.489 e. The lowest BCUT2D eigenvalue weighted by molar-refractivity contribution is -0.138. The first-order valence-corrected chi connectivity index (χ1v) is 8.31. The fraction of sp³-hybridized carbons (Fsp3) is 0.300. The molecule has 1 atom stereocenters. The number of carboxylic acids is 2. The van der Waals surface area contributed by atoms with Crippen molar-refractivity contribution in [3.05, 3.63) is 65.2 Å². The molecule has 0 amide bonds. The molecule has 2 N–H and O–H groups in total. The molecule has 0 aliphatic rings. The van der Waals surface area contributed by atoms with Crippen molar-refractivity contribution < 1.29 is 24.5 Å². The average Bonchev–Trinajstić information content (AvgIpc) is 2.61.